The van der Waals surface area contributed by atoms with Gasteiger partial charge in [0.05, 0.1) is 19.2 Å². The zero-order chi connectivity index (χ0) is 29.1. The monoisotopic (exact) mass is 565 g/mol. The van der Waals surface area contributed by atoms with E-state index in [1.54, 1.807) is 18.2 Å². The second kappa shape index (κ2) is 10.1. The molecule has 0 bridgehead atoms. The van der Waals surface area contributed by atoms with E-state index in [0.717, 1.165) is 43.0 Å². The normalized spacial score (nSPS) is 24.2. The molecule has 1 aromatic heterocycles. The van der Waals surface area contributed by atoms with Gasteiger partial charge in [0, 0.05) is 28.2 Å². The smallest absolute Gasteiger partial charge is 0.307 e. The van der Waals surface area contributed by atoms with Crippen LogP contribution in [0.2, 0.25) is 0 Å². The first-order chi connectivity index (χ1) is 19.6. The molecule has 2 saturated carbocycles. The molecule has 0 radical (unpaired) electrons. The van der Waals surface area contributed by atoms with Crippen LogP contribution in [0.5, 0.6) is 11.6 Å². The van der Waals surface area contributed by atoms with Crippen LogP contribution in [-0.2, 0) is 23.2 Å². The van der Waals surface area contributed by atoms with Crippen molar-refractivity contribution in [1.82, 2.24) is 4.98 Å². The molecule has 3 aromatic rings. The van der Waals surface area contributed by atoms with Crippen molar-refractivity contribution < 1.29 is 32.5 Å². The number of fused-ring (bicyclic) bond motifs is 2. The number of aromatic nitrogens is 1. The van der Waals surface area contributed by atoms with Gasteiger partial charge in [0.1, 0.15) is 18.2 Å². The summed E-state index contributed by atoms with van der Waals surface area (Å²) in [5.74, 6) is -2.94. The zero-order valence-corrected chi connectivity index (χ0v) is 23.5. The van der Waals surface area contributed by atoms with Crippen molar-refractivity contribution in [3.63, 3.8) is 0 Å². The molecular weight excluding hydrogens is 531 g/mol. The SMILES string of the molecule is COc1cc(-c2cc(F)c(COc3ccc4c(c3F)C3(CCC4)CC3C(=O)O)cc2C2CCCC2(C)C)c(F)cn1. The van der Waals surface area contributed by atoms with Crippen LogP contribution >= 0.6 is 0 Å². The quantitative estimate of drug-likeness (QED) is 0.318. The van der Waals surface area contributed by atoms with E-state index in [-0.39, 0.29) is 40.7 Å². The van der Waals surface area contributed by atoms with Crippen molar-refractivity contribution in [3.05, 3.63) is 76.2 Å². The predicted octanol–water partition coefficient (Wildman–Crippen LogP) is 7.73. The number of hydrogen-bond acceptors (Lipinski definition) is 4. The van der Waals surface area contributed by atoms with Crippen molar-refractivity contribution in [3.8, 4) is 22.8 Å². The topological polar surface area (TPSA) is 68.7 Å². The fourth-order valence-electron chi connectivity index (χ4n) is 7.42. The van der Waals surface area contributed by atoms with Crippen LogP contribution in [0.15, 0.2) is 36.5 Å². The second-order valence-electron chi connectivity index (χ2n) is 12.5. The van der Waals surface area contributed by atoms with Crippen molar-refractivity contribution >= 4 is 5.97 Å². The van der Waals surface area contributed by atoms with Crippen molar-refractivity contribution in [1.29, 1.82) is 0 Å². The minimum absolute atomic E-state index is 0.0165. The first-order valence-corrected chi connectivity index (χ1v) is 14.3. The van der Waals surface area contributed by atoms with Gasteiger partial charge in [0.25, 0.3) is 0 Å². The van der Waals surface area contributed by atoms with E-state index in [9.17, 15) is 9.90 Å². The van der Waals surface area contributed by atoms with Crippen molar-refractivity contribution in [2.75, 3.05) is 7.11 Å². The van der Waals surface area contributed by atoms with E-state index in [4.69, 9.17) is 9.47 Å². The maximum Gasteiger partial charge on any atom is 0.307 e. The third kappa shape index (κ3) is 4.65. The van der Waals surface area contributed by atoms with Gasteiger partial charge in [-0.2, -0.15) is 0 Å². The van der Waals surface area contributed by atoms with Gasteiger partial charge in [0.15, 0.2) is 11.6 Å². The lowest BCUT2D eigenvalue weighted by molar-refractivity contribution is -0.139. The molecule has 3 aliphatic rings. The lowest BCUT2D eigenvalue weighted by Crippen LogP contribution is -2.23. The van der Waals surface area contributed by atoms with E-state index in [1.165, 1.54) is 19.2 Å². The summed E-state index contributed by atoms with van der Waals surface area (Å²) in [5.41, 5.74) is 2.21. The van der Waals surface area contributed by atoms with Crippen LogP contribution < -0.4 is 9.47 Å². The van der Waals surface area contributed by atoms with Gasteiger partial charge in [0.2, 0.25) is 5.88 Å². The van der Waals surface area contributed by atoms with E-state index < -0.39 is 34.8 Å². The number of benzene rings is 2. The van der Waals surface area contributed by atoms with Crippen LogP contribution in [0.3, 0.4) is 0 Å². The Balaban J connectivity index is 1.37. The molecule has 1 heterocycles. The number of aliphatic carboxylic acids is 1. The lowest BCUT2D eigenvalue weighted by Gasteiger charge is -2.30. The van der Waals surface area contributed by atoms with Crippen molar-refractivity contribution in [2.24, 2.45) is 11.3 Å². The first-order valence-electron chi connectivity index (χ1n) is 14.3. The van der Waals surface area contributed by atoms with E-state index in [2.05, 4.69) is 18.8 Å². The number of halogens is 3. The minimum atomic E-state index is -0.906. The van der Waals surface area contributed by atoms with Crippen molar-refractivity contribution in [2.45, 2.75) is 76.7 Å². The van der Waals surface area contributed by atoms with Crippen LogP contribution in [0, 0.1) is 28.8 Å². The molecule has 216 valence electrons. The van der Waals surface area contributed by atoms with Gasteiger partial charge in [-0.1, -0.05) is 26.3 Å². The summed E-state index contributed by atoms with van der Waals surface area (Å²) in [6.07, 6.45) is 6.50. The zero-order valence-electron chi connectivity index (χ0n) is 23.5. The molecule has 8 heteroatoms. The number of carboxylic acids is 1. The average molecular weight is 566 g/mol. The fourth-order valence-corrected chi connectivity index (χ4v) is 7.42. The Morgan fingerprint density at radius 3 is 2.56 bits per heavy atom. The third-order valence-corrected chi connectivity index (χ3v) is 9.70. The Labute approximate surface area is 237 Å². The Kier molecular flexibility index (Phi) is 6.78. The molecule has 0 aliphatic heterocycles. The summed E-state index contributed by atoms with van der Waals surface area (Å²) in [6.45, 7) is 4.11. The standard InChI is InChI=1S/C33H34F3NO4/c1-32(2)10-5-7-23(32)21-12-19(25(34)13-20(21)22-14-28(40-3)37-16-26(22)35)17-41-27-9-8-18-6-4-11-33(29(18)30(27)36)15-24(33)31(38)39/h8-9,12-14,16,23-24H,4-7,10-11,15,17H2,1-3H3,(H,38,39). The highest BCUT2D eigenvalue weighted by Crippen LogP contribution is 2.61. The van der Waals surface area contributed by atoms with Gasteiger partial charge >= 0.3 is 5.97 Å². The number of aryl methyl sites for hydroxylation is 1. The summed E-state index contributed by atoms with van der Waals surface area (Å²) in [4.78, 5) is 15.7. The van der Waals surface area contributed by atoms with Gasteiger partial charge in [-0.3, -0.25) is 4.79 Å². The number of pyridine rings is 1. The maximum absolute atomic E-state index is 15.9. The summed E-state index contributed by atoms with van der Waals surface area (Å²) in [7, 11) is 1.44. The number of methoxy groups -OCH3 is 1. The molecule has 6 rings (SSSR count). The lowest BCUT2D eigenvalue weighted by atomic mass is 9.75. The van der Waals surface area contributed by atoms with Gasteiger partial charge in [-0.05, 0) is 84.7 Å². The highest BCUT2D eigenvalue weighted by atomic mass is 19.1. The largest absolute Gasteiger partial charge is 0.486 e. The van der Waals surface area contributed by atoms with Crippen LogP contribution in [-0.4, -0.2) is 23.2 Å². The number of ether oxygens (including phenoxy) is 2. The van der Waals surface area contributed by atoms with E-state index in [0.29, 0.717) is 30.4 Å². The Bertz CT molecular complexity index is 1540. The second-order valence-corrected chi connectivity index (χ2v) is 12.5. The number of rotatable bonds is 7. The van der Waals surface area contributed by atoms with E-state index >= 15 is 13.2 Å². The molecule has 2 aromatic carbocycles. The number of nitrogens with zero attached hydrogens (tertiary/aromatic N) is 1. The molecule has 1 spiro atoms. The number of carbonyl (C=O) groups is 1. The molecule has 41 heavy (non-hydrogen) atoms. The average Bonchev–Trinajstić information content (AvgIpc) is 3.54. The van der Waals surface area contributed by atoms with Gasteiger partial charge in [-0.25, -0.2) is 18.2 Å². The van der Waals surface area contributed by atoms with Crippen LogP contribution in [0.1, 0.15) is 80.5 Å². The number of hydrogen-bond donors (Lipinski definition) is 1. The van der Waals surface area contributed by atoms with Gasteiger partial charge in [-0.15, -0.1) is 0 Å². The number of carboxylic acid groups (broad SMARTS) is 1. The summed E-state index contributed by atoms with van der Waals surface area (Å²) >= 11 is 0. The van der Waals surface area contributed by atoms with Crippen LogP contribution in [0.4, 0.5) is 13.2 Å². The predicted molar refractivity (Wildman–Crippen MR) is 148 cm³/mol. The molecule has 1 N–H and O–H groups in total. The fraction of sp³-hybridized carbons (Fsp3) is 0.455. The molecule has 3 aliphatic carbocycles. The third-order valence-electron chi connectivity index (χ3n) is 9.70. The maximum atomic E-state index is 15.9. The molecule has 5 nitrogen and oxygen atoms in total. The Morgan fingerprint density at radius 1 is 1.07 bits per heavy atom. The molecule has 2 fully saturated rings. The molecule has 0 saturated heterocycles. The first kappa shape index (κ1) is 27.6. The van der Waals surface area contributed by atoms with E-state index in [1.807, 2.05) is 0 Å². The van der Waals surface area contributed by atoms with Crippen LogP contribution in [0.25, 0.3) is 11.1 Å². The Hall–Kier alpha value is -3.55. The molecule has 0 amide bonds. The highest BCUT2D eigenvalue weighted by molar-refractivity contribution is 5.78. The minimum Gasteiger partial charge on any atom is -0.486 e. The molecule has 3 unspecified atom stereocenters. The molecular formula is C33H34F3NO4. The Morgan fingerprint density at radius 2 is 1.88 bits per heavy atom. The highest BCUT2D eigenvalue weighted by Gasteiger charge is 2.62. The van der Waals surface area contributed by atoms with Gasteiger partial charge < -0.3 is 14.6 Å². The summed E-state index contributed by atoms with van der Waals surface area (Å²) in [6, 6.07) is 7.90. The summed E-state index contributed by atoms with van der Waals surface area (Å²) < 4.78 is 57.7. The summed E-state index contributed by atoms with van der Waals surface area (Å²) in [5, 5.41) is 9.61. The molecule has 3 atom stereocenters.